The molecule has 1 aliphatic rings. The minimum Gasteiger partial charge on any atom is -0.497 e. The Morgan fingerprint density at radius 3 is 1.38 bits per heavy atom. The van der Waals surface area contributed by atoms with Crippen molar-refractivity contribution in [3.63, 3.8) is 0 Å². The fourth-order valence-electron chi connectivity index (χ4n) is 6.09. The Bertz CT molecular complexity index is 1160. The number of hydrogen-bond acceptors (Lipinski definition) is 6. The maximum Gasteiger partial charge on any atom is 0.259 e. The Balaban J connectivity index is 1.81. The summed E-state index contributed by atoms with van der Waals surface area (Å²) in [7, 11) is 2.47. The molecule has 0 atom stereocenters. The number of hydrogen-bond donors (Lipinski definition) is 2. The van der Waals surface area contributed by atoms with E-state index in [-0.39, 0.29) is 18.1 Å². The second-order valence-corrected chi connectivity index (χ2v) is 15.2. The molecule has 1 heterocycles. The molecule has 2 N–H and O–H groups in total. The Labute approximate surface area is 238 Å². The number of amides is 1. The molecule has 7 nitrogen and oxygen atoms in total. The van der Waals surface area contributed by atoms with Crippen LogP contribution in [-0.2, 0) is 4.79 Å². The number of carbonyl (C=O) groups excluding carboxylic acids is 1. The predicted octanol–water partition coefficient (Wildman–Crippen LogP) is 4.53. The highest BCUT2D eigenvalue weighted by molar-refractivity contribution is 7.96. The fraction of sp³-hybridized carbons (Fsp3) is 0.406. The van der Waals surface area contributed by atoms with Gasteiger partial charge in [-0.15, -0.1) is 0 Å². The van der Waals surface area contributed by atoms with E-state index in [9.17, 15) is 10.0 Å². The van der Waals surface area contributed by atoms with Crippen molar-refractivity contribution in [2.75, 3.05) is 27.5 Å². The summed E-state index contributed by atoms with van der Waals surface area (Å²) in [6.45, 7) is 8.04. The monoisotopic (exact) mass is 565 g/mol. The lowest BCUT2D eigenvalue weighted by molar-refractivity contribution is -0.246. The summed E-state index contributed by atoms with van der Waals surface area (Å²) in [6.07, 6.45) is 1.59. The van der Waals surface area contributed by atoms with Crippen molar-refractivity contribution in [2.24, 2.45) is 0 Å². The van der Waals surface area contributed by atoms with E-state index in [0.717, 1.165) is 33.2 Å². The number of piperidine rings is 1. The van der Waals surface area contributed by atoms with Crippen molar-refractivity contribution in [3.8, 4) is 17.2 Å². The van der Waals surface area contributed by atoms with E-state index >= 15 is 0 Å². The van der Waals surface area contributed by atoms with E-state index in [1.165, 1.54) is 5.06 Å². The van der Waals surface area contributed by atoms with Crippen LogP contribution in [0.15, 0.2) is 72.8 Å². The van der Waals surface area contributed by atoms with E-state index in [2.05, 4.69) is 41.7 Å². The van der Waals surface area contributed by atoms with Crippen molar-refractivity contribution in [1.29, 1.82) is 0 Å². The van der Waals surface area contributed by atoms with Crippen LogP contribution in [0.3, 0.4) is 0 Å². The third-order valence-corrected chi connectivity index (χ3v) is 12.2. The van der Waals surface area contributed by atoms with Crippen LogP contribution in [0.25, 0.3) is 0 Å². The molecule has 0 saturated carbocycles. The van der Waals surface area contributed by atoms with E-state index < -0.39 is 18.3 Å². The quantitative estimate of drug-likeness (QED) is 0.371. The maximum absolute atomic E-state index is 14.1. The number of ether oxygens (including phenoxy) is 3. The van der Waals surface area contributed by atoms with E-state index in [0.29, 0.717) is 12.8 Å². The second kappa shape index (κ2) is 11.8. The zero-order valence-corrected chi connectivity index (χ0v) is 25.5. The molecule has 0 radical (unpaired) electrons. The van der Waals surface area contributed by atoms with Gasteiger partial charge in [-0.05, 0) is 113 Å². The highest BCUT2D eigenvalue weighted by Crippen LogP contribution is 2.55. The normalized spacial score (nSPS) is 17.2. The SMILES string of the molecule is COc1ccc([P+](CC(=O)NC2CC(C)(C)N(O)C(C)(C)C2)(c2ccc(OC)cc2)c2ccc(OC)cc2)cc1. The Morgan fingerprint density at radius 1 is 0.750 bits per heavy atom. The number of methoxy groups -OCH3 is 3. The largest absolute Gasteiger partial charge is 0.497 e. The summed E-state index contributed by atoms with van der Waals surface area (Å²) in [5.74, 6) is 2.27. The number of nitrogens with one attached hydrogen (secondary N) is 1. The highest BCUT2D eigenvalue weighted by Gasteiger charge is 2.49. The minimum absolute atomic E-state index is 0.0150. The van der Waals surface area contributed by atoms with Gasteiger partial charge in [-0.2, -0.15) is 5.06 Å². The Kier molecular flexibility index (Phi) is 8.79. The van der Waals surface area contributed by atoms with Gasteiger partial charge in [0.1, 0.15) is 40.4 Å². The predicted molar refractivity (Wildman–Crippen MR) is 163 cm³/mol. The molecule has 1 saturated heterocycles. The van der Waals surface area contributed by atoms with Crippen molar-refractivity contribution in [3.05, 3.63) is 72.8 Å². The lowest BCUT2D eigenvalue weighted by Crippen LogP contribution is -2.63. The Morgan fingerprint density at radius 2 is 1.07 bits per heavy atom. The van der Waals surface area contributed by atoms with Gasteiger partial charge < -0.3 is 24.7 Å². The standard InChI is InChI=1S/C32H41N2O5P/c1-31(2)20-23(21-32(3,4)34(31)36)33-30(35)22-40(27-14-8-24(37-5)9-15-27,28-16-10-25(38-6)11-17-28)29-18-12-26(39-7)13-19-29/h8-19,23,36H,20-22H2,1-7H3/p+1. The molecule has 0 aliphatic carbocycles. The van der Waals surface area contributed by atoms with Gasteiger partial charge >= 0.3 is 0 Å². The summed E-state index contributed by atoms with van der Waals surface area (Å²) in [5.41, 5.74) is -0.929. The molecular formula is C32H42N2O5P+. The molecule has 0 bridgehead atoms. The van der Waals surface area contributed by atoms with Gasteiger partial charge in [-0.1, -0.05) is 0 Å². The first-order chi connectivity index (χ1) is 18.9. The molecular weight excluding hydrogens is 523 g/mol. The molecule has 1 fully saturated rings. The summed E-state index contributed by atoms with van der Waals surface area (Å²) in [5, 5.41) is 18.8. The van der Waals surface area contributed by atoms with Gasteiger partial charge in [0.15, 0.2) is 6.16 Å². The van der Waals surface area contributed by atoms with Crippen molar-refractivity contribution in [1.82, 2.24) is 10.4 Å². The van der Waals surface area contributed by atoms with Crippen LogP contribution >= 0.6 is 7.26 Å². The molecule has 8 heteroatoms. The molecule has 4 rings (SSSR count). The molecule has 214 valence electrons. The average molecular weight is 566 g/mol. The topological polar surface area (TPSA) is 80.3 Å². The van der Waals surface area contributed by atoms with Gasteiger partial charge in [0.05, 0.1) is 21.3 Å². The average Bonchev–Trinajstić information content (AvgIpc) is 2.94. The number of hydroxylamine groups is 2. The van der Waals surface area contributed by atoms with E-state index in [1.54, 1.807) is 21.3 Å². The minimum atomic E-state index is -2.48. The van der Waals surface area contributed by atoms with Crippen molar-refractivity contribution >= 4 is 29.1 Å². The first-order valence-corrected chi connectivity index (χ1v) is 15.5. The summed E-state index contributed by atoms with van der Waals surface area (Å²) >= 11 is 0. The number of carbonyl (C=O) groups is 1. The first-order valence-electron chi connectivity index (χ1n) is 13.6. The molecule has 3 aromatic carbocycles. The zero-order valence-electron chi connectivity index (χ0n) is 24.6. The zero-order chi connectivity index (χ0) is 29.1. The van der Waals surface area contributed by atoms with Crippen molar-refractivity contribution < 1.29 is 24.2 Å². The van der Waals surface area contributed by atoms with E-state index in [1.807, 2.05) is 64.1 Å². The lowest BCUT2D eigenvalue weighted by Gasteiger charge is -2.51. The molecule has 0 unspecified atom stereocenters. The van der Waals surface area contributed by atoms with Gasteiger partial charge in [0.2, 0.25) is 0 Å². The van der Waals surface area contributed by atoms with Crippen LogP contribution in [0.2, 0.25) is 0 Å². The molecule has 0 spiro atoms. The second-order valence-electron chi connectivity index (χ2n) is 11.7. The molecule has 3 aromatic rings. The van der Waals surface area contributed by atoms with Gasteiger partial charge in [-0.25, -0.2) is 0 Å². The van der Waals surface area contributed by atoms with Crippen LogP contribution in [-0.4, -0.2) is 60.8 Å². The molecule has 1 amide bonds. The van der Waals surface area contributed by atoms with Crippen LogP contribution in [0.5, 0.6) is 17.2 Å². The first kappa shape index (κ1) is 29.9. The van der Waals surface area contributed by atoms with Gasteiger partial charge in [0.25, 0.3) is 5.91 Å². The Hall–Kier alpha value is -3.12. The van der Waals surface area contributed by atoms with Crippen LogP contribution in [0, 0.1) is 0 Å². The smallest absolute Gasteiger partial charge is 0.259 e. The number of benzene rings is 3. The molecule has 40 heavy (non-hydrogen) atoms. The van der Waals surface area contributed by atoms with E-state index in [4.69, 9.17) is 14.2 Å². The third-order valence-electron chi connectivity index (χ3n) is 7.92. The summed E-state index contributed by atoms with van der Waals surface area (Å²) in [6, 6.07) is 24.1. The number of nitrogens with zero attached hydrogens (tertiary/aromatic N) is 1. The highest BCUT2D eigenvalue weighted by atomic mass is 31.2. The van der Waals surface area contributed by atoms with Crippen LogP contribution in [0.1, 0.15) is 40.5 Å². The number of rotatable bonds is 9. The lowest BCUT2D eigenvalue weighted by atomic mass is 9.79. The summed E-state index contributed by atoms with van der Waals surface area (Å²) < 4.78 is 16.4. The molecule has 1 aliphatic heterocycles. The third kappa shape index (κ3) is 5.97. The van der Waals surface area contributed by atoms with Crippen LogP contribution in [0.4, 0.5) is 0 Å². The fourth-order valence-corrected chi connectivity index (χ4v) is 10.0. The van der Waals surface area contributed by atoms with Gasteiger partial charge in [0, 0.05) is 17.1 Å². The van der Waals surface area contributed by atoms with Crippen LogP contribution < -0.4 is 35.4 Å². The maximum atomic E-state index is 14.1. The molecule has 0 aromatic heterocycles. The summed E-state index contributed by atoms with van der Waals surface area (Å²) in [4.78, 5) is 14.1. The van der Waals surface area contributed by atoms with Gasteiger partial charge in [-0.3, -0.25) is 4.79 Å². The van der Waals surface area contributed by atoms with Crippen molar-refractivity contribution in [2.45, 2.75) is 57.7 Å².